The average molecular weight is 275 g/mol. The molecule has 1 atom stereocenters. The maximum Gasteiger partial charge on any atom is 0.251 e. The van der Waals surface area contributed by atoms with E-state index in [2.05, 4.69) is 5.32 Å². The molecule has 0 aromatic heterocycles. The van der Waals surface area contributed by atoms with Crippen LogP contribution < -0.4 is 11.1 Å². The minimum Gasteiger partial charge on any atom is -0.399 e. The van der Waals surface area contributed by atoms with Crippen LogP contribution in [0, 0.1) is 6.92 Å². The van der Waals surface area contributed by atoms with Gasteiger partial charge in [-0.1, -0.05) is 0 Å². The SMILES string of the molecule is Cc1cc(C(=O)NC(C)CN2CCCC2=O)ccc1N. The largest absolute Gasteiger partial charge is 0.399 e. The van der Waals surface area contributed by atoms with Crippen molar-refractivity contribution in [2.45, 2.75) is 32.7 Å². The van der Waals surface area contributed by atoms with Crippen molar-refractivity contribution in [2.75, 3.05) is 18.8 Å². The third kappa shape index (κ3) is 3.29. The maximum atomic E-state index is 12.1. The van der Waals surface area contributed by atoms with Gasteiger partial charge in [-0.3, -0.25) is 9.59 Å². The highest BCUT2D eigenvalue weighted by Crippen LogP contribution is 2.13. The molecule has 20 heavy (non-hydrogen) atoms. The molecule has 1 unspecified atom stereocenters. The predicted molar refractivity (Wildman–Crippen MR) is 78.3 cm³/mol. The van der Waals surface area contributed by atoms with Crippen molar-refractivity contribution in [1.29, 1.82) is 0 Å². The summed E-state index contributed by atoms with van der Waals surface area (Å²) in [6.45, 7) is 5.14. The molecule has 1 aromatic rings. The van der Waals surface area contributed by atoms with E-state index in [0.717, 1.165) is 18.5 Å². The third-order valence-corrected chi connectivity index (χ3v) is 3.58. The van der Waals surface area contributed by atoms with Crippen molar-refractivity contribution in [3.05, 3.63) is 29.3 Å². The predicted octanol–water partition coefficient (Wildman–Crippen LogP) is 1.32. The van der Waals surface area contributed by atoms with Gasteiger partial charge in [0.2, 0.25) is 5.91 Å². The molecule has 0 radical (unpaired) electrons. The molecule has 1 aliphatic rings. The second kappa shape index (κ2) is 5.94. The number of hydrogen-bond acceptors (Lipinski definition) is 3. The summed E-state index contributed by atoms with van der Waals surface area (Å²) in [6.07, 6.45) is 1.54. The molecule has 0 aliphatic carbocycles. The standard InChI is InChI=1S/C15H21N3O2/c1-10-8-12(5-6-13(10)16)15(20)17-11(2)9-18-7-3-4-14(18)19/h5-6,8,11H,3-4,7,9,16H2,1-2H3,(H,17,20). The fraction of sp³-hybridized carbons (Fsp3) is 0.467. The zero-order valence-electron chi connectivity index (χ0n) is 12.0. The van der Waals surface area contributed by atoms with Crippen LogP contribution in [0.4, 0.5) is 5.69 Å². The lowest BCUT2D eigenvalue weighted by Gasteiger charge is -2.21. The van der Waals surface area contributed by atoms with Crippen LogP contribution in [-0.4, -0.2) is 35.8 Å². The minimum absolute atomic E-state index is 0.0672. The molecule has 1 aromatic carbocycles. The van der Waals surface area contributed by atoms with Gasteiger partial charge in [-0.25, -0.2) is 0 Å². The number of benzene rings is 1. The lowest BCUT2D eigenvalue weighted by molar-refractivity contribution is -0.127. The molecule has 0 spiro atoms. The summed E-state index contributed by atoms with van der Waals surface area (Å²) in [6, 6.07) is 5.16. The number of amides is 2. The van der Waals surface area contributed by atoms with E-state index in [0.29, 0.717) is 24.2 Å². The fourth-order valence-electron chi connectivity index (χ4n) is 2.40. The summed E-state index contributed by atoms with van der Waals surface area (Å²) >= 11 is 0. The molecule has 2 amide bonds. The number of carbonyl (C=O) groups excluding carboxylic acids is 2. The first-order chi connectivity index (χ1) is 9.47. The van der Waals surface area contributed by atoms with E-state index in [1.807, 2.05) is 13.8 Å². The number of nitrogens with zero attached hydrogens (tertiary/aromatic N) is 1. The Bertz CT molecular complexity index is 528. The topological polar surface area (TPSA) is 75.4 Å². The zero-order valence-corrected chi connectivity index (χ0v) is 12.0. The van der Waals surface area contributed by atoms with Gasteiger partial charge in [0.15, 0.2) is 0 Å². The normalized spacial score (nSPS) is 16.3. The maximum absolute atomic E-state index is 12.1. The van der Waals surface area contributed by atoms with Gasteiger partial charge in [0, 0.05) is 36.8 Å². The van der Waals surface area contributed by atoms with Crippen LogP contribution in [0.15, 0.2) is 18.2 Å². The van der Waals surface area contributed by atoms with E-state index < -0.39 is 0 Å². The van der Waals surface area contributed by atoms with Gasteiger partial charge in [-0.05, 0) is 44.0 Å². The number of likely N-dealkylation sites (tertiary alicyclic amines) is 1. The summed E-state index contributed by atoms with van der Waals surface area (Å²) < 4.78 is 0. The van der Waals surface area contributed by atoms with Crippen molar-refractivity contribution in [3.63, 3.8) is 0 Å². The lowest BCUT2D eigenvalue weighted by Crippen LogP contribution is -2.42. The third-order valence-electron chi connectivity index (χ3n) is 3.58. The Balaban J connectivity index is 1.93. The first-order valence-electron chi connectivity index (χ1n) is 6.92. The van der Waals surface area contributed by atoms with Crippen LogP contribution in [0.25, 0.3) is 0 Å². The highest BCUT2D eigenvalue weighted by Gasteiger charge is 2.22. The van der Waals surface area contributed by atoms with Gasteiger partial charge in [-0.2, -0.15) is 0 Å². The number of nitrogens with one attached hydrogen (secondary N) is 1. The smallest absolute Gasteiger partial charge is 0.251 e. The first-order valence-corrected chi connectivity index (χ1v) is 6.92. The molecule has 3 N–H and O–H groups in total. The Labute approximate surface area is 119 Å². The van der Waals surface area contributed by atoms with E-state index in [1.165, 1.54) is 0 Å². The molecular weight excluding hydrogens is 254 g/mol. The highest BCUT2D eigenvalue weighted by atomic mass is 16.2. The van der Waals surface area contributed by atoms with E-state index >= 15 is 0 Å². The lowest BCUT2D eigenvalue weighted by atomic mass is 10.1. The second-order valence-electron chi connectivity index (χ2n) is 5.39. The molecule has 1 heterocycles. The minimum atomic E-state index is -0.132. The van der Waals surface area contributed by atoms with Gasteiger partial charge < -0.3 is 16.0 Å². The fourth-order valence-corrected chi connectivity index (χ4v) is 2.40. The van der Waals surface area contributed by atoms with Gasteiger partial charge >= 0.3 is 0 Å². The molecule has 1 saturated heterocycles. The number of aryl methyl sites for hydroxylation is 1. The molecule has 0 saturated carbocycles. The summed E-state index contributed by atoms with van der Waals surface area (Å²) in [4.78, 5) is 25.5. The first kappa shape index (κ1) is 14.4. The molecule has 0 bridgehead atoms. The summed E-state index contributed by atoms with van der Waals surface area (Å²) in [5, 5.41) is 2.92. The van der Waals surface area contributed by atoms with Gasteiger partial charge in [0.25, 0.3) is 5.91 Å². The van der Waals surface area contributed by atoms with Gasteiger partial charge in [0.1, 0.15) is 0 Å². The number of nitrogens with two attached hydrogens (primary N) is 1. The molecule has 1 fully saturated rings. The molecule has 5 nitrogen and oxygen atoms in total. The van der Waals surface area contributed by atoms with Crippen LogP contribution in [-0.2, 0) is 4.79 Å². The summed E-state index contributed by atoms with van der Waals surface area (Å²) in [5.74, 6) is 0.0432. The number of hydrogen-bond donors (Lipinski definition) is 2. The van der Waals surface area contributed by atoms with Gasteiger partial charge in [0.05, 0.1) is 0 Å². The van der Waals surface area contributed by atoms with Crippen LogP contribution in [0.1, 0.15) is 35.7 Å². The molecule has 1 aliphatic heterocycles. The molecule has 2 rings (SSSR count). The Morgan fingerprint density at radius 3 is 2.85 bits per heavy atom. The quantitative estimate of drug-likeness (QED) is 0.814. The molecule has 5 heteroatoms. The number of nitrogen functional groups attached to an aromatic ring is 1. The van der Waals surface area contributed by atoms with E-state index in [1.54, 1.807) is 23.1 Å². The highest BCUT2D eigenvalue weighted by molar-refractivity contribution is 5.95. The van der Waals surface area contributed by atoms with E-state index in [4.69, 9.17) is 5.73 Å². The summed E-state index contributed by atoms with van der Waals surface area (Å²) in [7, 11) is 0. The Kier molecular flexibility index (Phi) is 4.27. The van der Waals surface area contributed by atoms with Crippen LogP contribution in [0.5, 0.6) is 0 Å². The summed E-state index contributed by atoms with van der Waals surface area (Å²) in [5.41, 5.74) is 7.90. The monoisotopic (exact) mass is 275 g/mol. The Morgan fingerprint density at radius 1 is 1.50 bits per heavy atom. The number of anilines is 1. The van der Waals surface area contributed by atoms with Crippen molar-refractivity contribution in [1.82, 2.24) is 10.2 Å². The average Bonchev–Trinajstić information content (AvgIpc) is 2.78. The number of rotatable bonds is 4. The molecular formula is C15H21N3O2. The Hall–Kier alpha value is -2.04. The van der Waals surface area contributed by atoms with Crippen molar-refractivity contribution in [3.8, 4) is 0 Å². The van der Waals surface area contributed by atoms with Crippen molar-refractivity contribution >= 4 is 17.5 Å². The van der Waals surface area contributed by atoms with Crippen molar-refractivity contribution < 1.29 is 9.59 Å². The van der Waals surface area contributed by atoms with Crippen LogP contribution in [0.3, 0.4) is 0 Å². The second-order valence-corrected chi connectivity index (χ2v) is 5.39. The van der Waals surface area contributed by atoms with E-state index in [9.17, 15) is 9.59 Å². The molecule has 108 valence electrons. The van der Waals surface area contributed by atoms with Crippen molar-refractivity contribution in [2.24, 2.45) is 0 Å². The number of carbonyl (C=O) groups is 2. The Morgan fingerprint density at radius 2 is 2.25 bits per heavy atom. The van der Waals surface area contributed by atoms with Crippen LogP contribution >= 0.6 is 0 Å². The van der Waals surface area contributed by atoms with Crippen LogP contribution in [0.2, 0.25) is 0 Å². The van der Waals surface area contributed by atoms with E-state index in [-0.39, 0.29) is 17.9 Å². The van der Waals surface area contributed by atoms with Gasteiger partial charge in [-0.15, -0.1) is 0 Å². The zero-order chi connectivity index (χ0) is 14.7.